The zero-order valence-corrected chi connectivity index (χ0v) is 12.0. The first-order valence-corrected chi connectivity index (χ1v) is 9.29. The molecule has 0 aromatic carbocycles. The fraction of sp³-hybridized carbons (Fsp3) is 1.00. The smallest absolute Gasteiger partial charge is 0.164 e. The quantitative estimate of drug-likeness (QED) is 0.795. The molecule has 0 bridgehead atoms. The van der Waals surface area contributed by atoms with E-state index in [1.54, 1.807) is 11.8 Å². The number of sulfone groups is 1. The summed E-state index contributed by atoms with van der Waals surface area (Å²) in [7, 11) is -2.96. The van der Waals surface area contributed by atoms with E-state index < -0.39 is 9.84 Å². The summed E-state index contributed by atoms with van der Waals surface area (Å²) in [6, 6.07) is 0. The third-order valence-corrected chi connectivity index (χ3v) is 6.54. The van der Waals surface area contributed by atoms with Crippen molar-refractivity contribution >= 4 is 21.6 Å². The molecule has 0 spiro atoms. The van der Waals surface area contributed by atoms with Gasteiger partial charge in [-0.15, -0.1) is 0 Å². The molecule has 0 aromatic rings. The Labute approximate surface area is 108 Å². The van der Waals surface area contributed by atoms with Crippen molar-refractivity contribution in [3.63, 3.8) is 0 Å². The molecule has 17 heavy (non-hydrogen) atoms. The van der Waals surface area contributed by atoms with Crippen molar-refractivity contribution in [3.05, 3.63) is 0 Å². The second-order valence-corrected chi connectivity index (χ2v) is 8.72. The van der Waals surface area contributed by atoms with E-state index in [-0.39, 0.29) is 5.37 Å². The van der Waals surface area contributed by atoms with Crippen LogP contribution in [0.15, 0.2) is 0 Å². The average molecular weight is 278 g/mol. The van der Waals surface area contributed by atoms with E-state index >= 15 is 0 Å². The fourth-order valence-electron chi connectivity index (χ4n) is 2.59. The van der Waals surface area contributed by atoms with Gasteiger partial charge in [-0.1, -0.05) is 0 Å². The molecule has 1 saturated carbocycles. The molecule has 4 nitrogen and oxygen atoms in total. The van der Waals surface area contributed by atoms with Crippen LogP contribution in [0, 0.1) is 5.41 Å². The van der Waals surface area contributed by atoms with E-state index in [1.165, 1.54) is 19.1 Å². The lowest BCUT2D eigenvalue weighted by Crippen LogP contribution is -2.49. The Hall–Kier alpha value is 0.220. The number of hydrogen-bond acceptors (Lipinski definition) is 5. The maximum atomic E-state index is 11.8. The predicted octanol–water partition coefficient (Wildman–Crippen LogP) is 0.535. The minimum Gasteiger partial charge on any atom is -0.330 e. The van der Waals surface area contributed by atoms with Gasteiger partial charge in [0, 0.05) is 30.9 Å². The first kappa shape index (κ1) is 13.6. The molecular weight excluding hydrogens is 256 g/mol. The van der Waals surface area contributed by atoms with Crippen LogP contribution in [-0.2, 0) is 9.84 Å². The molecule has 1 unspecified atom stereocenters. The van der Waals surface area contributed by atoms with Crippen molar-refractivity contribution in [1.82, 2.24) is 4.90 Å². The fourth-order valence-corrected chi connectivity index (χ4v) is 5.53. The number of thioether (sulfide) groups is 1. The second-order valence-electron chi connectivity index (χ2n) is 5.37. The molecule has 0 aromatic heterocycles. The Morgan fingerprint density at radius 2 is 2.18 bits per heavy atom. The maximum Gasteiger partial charge on any atom is 0.164 e. The number of nitrogens with zero attached hydrogens (tertiary/aromatic N) is 1. The van der Waals surface area contributed by atoms with Crippen LogP contribution < -0.4 is 5.73 Å². The highest BCUT2D eigenvalue weighted by Crippen LogP contribution is 2.49. The Morgan fingerprint density at radius 3 is 2.71 bits per heavy atom. The zero-order chi connectivity index (χ0) is 12.5. The lowest BCUT2D eigenvalue weighted by molar-refractivity contribution is 0.210. The molecule has 2 aliphatic rings. The molecule has 1 atom stereocenters. The predicted molar refractivity (Wildman–Crippen MR) is 72.9 cm³/mol. The highest BCUT2D eigenvalue weighted by atomic mass is 32.2. The molecule has 1 aliphatic carbocycles. The SMILES string of the molecule is CS(=O)(=O)C1CSCCN1CC1(CCN)CC1. The number of rotatable bonds is 5. The average Bonchev–Trinajstić information content (AvgIpc) is 2.97. The van der Waals surface area contributed by atoms with Crippen LogP contribution in [0.3, 0.4) is 0 Å². The van der Waals surface area contributed by atoms with Crippen LogP contribution in [0.4, 0.5) is 0 Å². The molecule has 0 radical (unpaired) electrons. The van der Waals surface area contributed by atoms with Gasteiger partial charge in [0.05, 0.1) is 0 Å². The topological polar surface area (TPSA) is 63.4 Å². The first-order valence-electron chi connectivity index (χ1n) is 6.18. The van der Waals surface area contributed by atoms with Crippen molar-refractivity contribution in [1.29, 1.82) is 0 Å². The van der Waals surface area contributed by atoms with E-state index in [1.807, 2.05) is 0 Å². The van der Waals surface area contributed by atoms with E-state index in [4.69, 9.17) is 5.73 Å². The summed E-state index contributed by atoms with van der Waals surface area (Å²) in [6.07, 6.45) is 4.82. The first-order chi connectivity index (χ1) is 7.97. The molecule has 1 heterocycles. The van der Waals surface area contributed by atoms with Gasteiger partial charge in [-0.25, -0.2) is 8.42 Å². The van der Waals surface area contributed by atoms with Crippen molar-refractivity contribution in [3.8, 4) is 0 Å². The van der Waals surface area contributed by atoms with Gasteiger partial charge in [-0.05, 0) is 31.2 Å². The Bertz CT molecular complexity index is 366. The number of nitrogens with two attached hydrogens (primary N) is 1. The van der Waals surface area contributed by atoms with Crippen molar-refractivity contribution in [2.75, 3.05) is 37.4 Å². The molecule has 1 saturated heterocycles. The third-order valence-electron chi connectivity index (χ3n) is 3.86. The van der Waals surface area contributed by atoms with E-state index in [0.29, 0.717) is 12.0 Å². The summed E-state index contributed by atoms with van der Waals surface area (Å²) in [4.78, 5) is 2.18. The molecule has 100 valence electrons. The van der Waals surface area contributed by atoms with Gasteiger partial charge in [0.2, 0.25) is 0 Å². The maximum absolute atomic E-state index is 11.8. The molecule has 6 heteroatoms. The van der Waals surface area contributed by atoms with Gasteiger partial charge < -0.3 is 5.73 Å². The lowest BCUT2D eigenvalue weighted by atomic mass is 10.0. The second kappa shape index (κ2) is 5.07. The highest BCUT2D eigenvalue weighted by Gasteiger charge is 2.45. The summed E-state index contributed by atoms with van der Waals surface area (Å²) in [5.41, 5.74) is 5.97. The molecule has 2 fully saturated rings. The molecular formula is C11H22N2O2S2. The summed E-state index contributed by atoms with van der Waals surface area (Å²) in [5, 5.41) is -0.281. The third kappa shape index (κ3) is 3.36. The van der Waals surface area contributed by atoms with Crippen LogP contribution in [0.5, 0.6) is 0 Å². The van der Waals surface area contributed by atoms with Crippen LogP contribution in [0.1, 0.15) is 19.3 Å². The van der Waals surface area contributed by atoms with Crippen molar-refractivity contribution < 1.29 is 8.42 Å². The van der Waals surface area contributed by atoms with E-state index in [2.05, 4.69) is 4.90 Å². The monoisotopic (exact) mass is 278 g/mol. The van der Waals surface area contributed by atoms with E-state index in [9.17, 15) is 8.42 Å². The summed E-state index contributed by atoms with van der Waals surface area (Å²) >= 11 is 1.75. The Morgan fingerprint density at radius 1 is 1.47 bits per heavy atom. The molecule has 0 amide bonds. The van der Waals surface area contributed by atoms with E-state index in [0.717, 1.165) is 31.0 Å². The largest absolute Gasteiger partial charge is 0.330 e. The van der Waals surface area contributed by atoms with Crippen LogP contribution in [0.25, 0.3) is 0 Å². The normalized spacial score (nSPS) is 29.2. The van der Waals surface area contributed by atoms with Gasteiger partial charge in [0.25, 0.3) is 0 Å². The van der Waals surface area contributed by atoms with Crippen LogP contribution in [-0.4, -0.2) is 56.1 Å². The standard InChI is InChI=1S/C11H22N2O2S2/c1-17(14,15)10-8-16-7-6-13(10)9-11(2-3-11)4-5-12/h10H,2-9,12H2,1H3. The Balaban J connectivity index is 2.02. The van der Waals surface area contributed by atoms with Crippen LogP contribution >= 0.6 is 11.8 Å². The Kier molecular flexibility index (Phi) is 4.07. The van der Waals surface area contributed by atoms with Crippen molar-refractivity contribution in [2.45, 2.75) is 24.6 Å². The minimum absolute atomic E-state index is 0.281. The molecule has 2 N–H and O–H groups in total. The zero-order valence-electron chi connectivity index (χ0n) is 10.4. The summed E-state index contributed by atoms with van der Waals surface area (Å²) in [5.74, 6) is 1.77. The van der Waals surface area contributed by atoms with Crippen molar-refractivity contribution in [2.24, 2.45) is 11.1 Å². The van der Waals surface area contributed by atoms with Gasteiger partial charge in [0.15, 0.2) is 9.84 Å². The minimum atomic E-state index is -2.96. The van der Waals surface area contributed by atoms with Crippen LogP contribution in [0.2, 0.25) is 0 Å². The van der Waals surface area contributed by atoms with Gasteiger partial charge in [-0.2, -0.15) is 11.8 Å². The summed E-state index contributed by atoms with van der Waals surface area (Å²) < 4.78 is 23.6. The molecule has 2 rings (SSSR count). The lowest BCUT2D eigenvalue weighted by Gasteiger charge is -2.36. The van der Waals surface area contributed by atoms with Gasteiger partial charge in [0.1, 0.15) is 5.37 Å². The van der Waals surface area contributed by atoms with Gasteiger partial charge >= 0.3 is 0 Å². The number of hydrogen-bond donors (Lipinski definition) is 1. The molecule has 1 aliphatic heterocycles. The highest BCUT2D eigenvalue weighted by molar-refractivity contribution is 8.00. The van der Waals surface area contributed by atoms with Gasteiger partial charge in [-0.3, -0.25) is 4.90 Å². The summed E-state index contributed by atoms with van der Waals surface area (Å²) in [6.45, 7) is 2.53.